The van der Waals surface area contributed by atoms with Gasteiger partial charge in [-0.25, -0.2) is 19.9 Å². The summed E-state index contributed by atoms with van der Waals surface area (Å²) in [6, 6.07) is 0. The van der Waals surface area contributed by atoms with E-state index in [1.807, 2.05) is 36.7 Å². The van der Waals surface area contributed by atoms with E-state index in [1.54, 1.807) is 18.7 Å². The predicted molar refractivity (Wildman–Crippen MR) is 82.2 cm³/mol. The minimum atomic E-state index is 0.589. The average molecular weight is 293 g/mol. The third kappa shape index (κ3) is 1.65. The molecule has 7 nitrogen and oxygen atoms in total. The summed E-state index contributed by atoms with van der Waals surface area (Å²) >= 11 is 0. The lowest BCUT2D eigenvalue weighted by Gasteiger charge is -2.06. The van der Waals surface area contributed by atoms with Crippen molar-refractivity contribution in [3.63, 3.8) is 0 Å². The zero-order valence-electron chi connectivity index (χ0n) is 12.9. The normalized spacial score (nSPS) is 11.6. The average Bonchev–Trinajstić information content (AvgIpc) is 3.00. The highest BCUT2D eigenvalue weighted by atomic mass is 15.2. The molecule has 0 aliphatic carbocycles. The number of nitrogens with zero attached hydrogens (tertiary/aromatic N) is 7. The second-order valence-electron chi connectivity index (χ2n) is 5.40. The fraction of sp³-hybridized carbons (Fsp3) is 0.267. The van der Waals surface area contributed by atoms with Gasteiger partial charge in [0.05, 0.1) is 23.8 Å². The molecule has 0 radical (unpaired) electrons. The zero-order chi connectivity index (χ0) is 15.4. The molecule has 4 rings (SSSR count). The van der Waals surface area contributed by atoms with E-state index >= 15 is 0 Å². The highest BCUT2D eigenvalue weighted by molar-refractivity contribution is 5.73. The number of rotatable bonds is 1. The van der Waals surface area contributed by atoms with E-state index < -0.39 is 0 Å². The number of hydrogen-bond acceptors (Lipinski definition) is 5. The van der Waals surface area contributed by atoms with Crippen molar-refractivity contribution in [2.75, 3.05) is 0 Å². The van der Waals surface area contributed by atoms with Crippen LogP contribution in [0.4, 0.5) is 0 Å². The molecule has 0 saturated heterocycles. The highest BCUT2D eigenvalue weighted by Gasteiger charge is 2.13. The monoisotopic (exact) mass is 293 g/mol. The second kappa shape index (κ2) is 4.33. The number of aryl methyl sites for hydroxylation is 3. The predicted octanol–water partition coefficient (Wildman–Crippen LogP) is 2.09. The van der Waals surface area contributed by atoms with E-state index in [0.717, 1.165) is 39.6 Å². The SMILES string of the molecule is Cc1ncn(-c2ncc3ncc4nc(C)c(C)n4c3n2)c1C. The number of fused-ring (bicyclic) bond motifs is 3. The zero-order valence-corrected chi connectivity index (χ0v) is 12.9. The Morgan fingerprint density at radius 1 is 0.818 bits per heavy atom. The van der Waals surface area contributed by atoms with Gasteiger partial charge in [0, 0.05) is 11.4 Å². The molecule has 4 heterocycles. The van der Waals surface area contributed by atoms with Crippen molar-refractivity contribution in [2.24, 2.45) is 0 Å². The van der Waals surface area contributed by atoms with Crippen LogP contribution < -0.4 is 0 Å². The van der Waals surface area contributed by atoms with Gasteiger partial charge in [0.2, 0.25) is 5.95 Å². The van der Waals surface area contributed by atoms with Crippen LogP contribution >= 0.6 is 0 Å². The first kappa shape index (κ1) is 12.9. The molecule has 4 aromatic heterocycles. The summed E-state index contributed by atoms with van der Waals surface area (Å²) in [5.41, 5.74) is 6.32. The van der Waals surface area contributed by atoms with Gasteiger partial charge in [0.25, 0.3) is 0 Å². The minimum absolute atomic E-state index is 0.589. The Morgan fingerprint density at radius 2 is 1.64 bits per heavy atom. The lowest BCUT2D eigenvalue weighted by molar-refractivity contribution is 0.895. The molecule has 0 unspecified atom stereocenters. The number of imidazole rings is 2. The van der Waals surface area contributed by atoms with Gasteiger partial charge in [-0.3, -0.25) is 8.97 Å². The Morgan fingerprint density at radius 3 is 2.36 bits per heavy atom. The molecule has 22 heavy (non-hydrogen) atoms. The van der Waals surface area contributed by atoms with Gasteiger partial charge >= 0.3 is 0 Å². The van der Waals surface area contributed by atoms with Gasteiger partial charge in [0.1, 0.15) is 11.8 Å². The van der Waals surface area contributed by atoms with Crippen LogP contribution in [-0.4, -0.2) is 33.9 Å². The van der Waals surface area contributed by atoms with Crippen molar-refractivity contribution in [3.8, 4) is 5.95 Å². The van der Waals surface area contributed by atoms with Gasteiger partial charge in [-0.15, -0.1) is 0 Å². The van der Waals surface area contributed by atoms with Crippen LogP contribution in [0.2, 0.25) is 0 Å². The molecule has 110 valence electrons. The molecule has 0 fully saturated rings. The van der Waals surface area contributed by atoms with E-state index in [4.69, 9.17) is 4.98 Å². The summed E-state index contributed by atoms with van der Waals surface area (Å²) in [7, 11) is 0. The summed E-state index contributed by atoms with van der Waals surface area (Å²) < 4.78 is 3.90. The fourth-order valence-corrected chi connectivity index (χ4v) is 2.55. The van der Waals surface area contributed by atoms with E-state index in [9.17, 15) is 0 Å². The number of aromatic nitrogens is 7. The number of hydrogen-bond donors (Lipinski definition) is 0. The first-order valence-corrected chi connectivity index (χ1v) is 7.04. The van der Waals surface area contributed by atoms with Crippen molar-refractivity contribution in [2.45, 2.75) is 27.7 Å². The molecule has 4 aromatic rings. The van der Waals surface area contributed by atoms with E-state index in [0.29, 0.717) is 5.95 Å². The Balaban J connectivity index is 2.07. The maximum absolute atomic E-state index is 4.69. The molecule has 0 aromatic carbocycles. The molecule has 0 saturated carbocycles. The van der Waals surface area contributed by atoms with Gasteiger partial charge in [-0.05, 0) is 27.7 Å². The molecule has 0 N–H and O–H groups in total. The molecule has 0 bridgehead atoms. The molecule has 0 amide bonds. The lowest BCUT2D eigenvalue weighted by Crippen LogP contribution is -2.05. The van der Waals surface area contributed by atoms with Crippen molar-refractivity contribution in [1.82, 2.24) is 33.9 Å². The van der Waals surface area contributed by atoms with Gasteiger partial charge in [-0.1, -0.05) is 0 Å². The summed E-state index contributed by atoms with van der Waals surface area (Å²) in [4.78, 5) is 22.3. The molecule has 0 atom stereocenters. The van der Waals surface area contributed by atoms with Crippen molar-refractivity contribution in [3.05, 3.63) is 41.5 Å². The molecular formula is C15H15N7. The van der Waals surface area contributed by atoms with Crippen molar-refractivity contribution in [1.29, 1.82) is 0 Å². The quantitative estimate of drug-likeness (QED) is 0.537. The Hall–Kier alpha value is -2.83. The van der Waals surface area contributed by atoms with E-state index in [-0.39, 0.29) is 0 Å². The Bertz CT molecular complexity index is 1030. The van der Waals surface area contributed by atoms with Crippen LogP contribution in [0, 0.1) is 27.7 Å². The van der Waals surface area contributed by atoms with Gasteiger partial charge in [-0.2, -0.15) is 4.98 Å². The Labute approximate surface area is 126 Å². The summed E-state index contributed by atoms with van der Waals surface area (Å²) in [5, 5.41) is 0. The summed E-state index contributed by atoms with van der Waals surface area (Å²) in [6.45, 7) is 7.99. The van der Waals surface area contributed by atoms with Gasteiger partial charge in [0.15, 0.2) is 11.3 Å². The van der Waals surface area contributed by atoms with Gasteiger partial charge < -0.3 is 0 Å². The molecular weight excluding hydrogens is 278 g/mol. The maximum Gasteiger partial charge on any atom is 0.237 e. The fourth-order valence-electron chi connectivity index (χ4n) is 2.55. The first-order chi connectivity index (χ1) is 10.6. The van der Waals surface area contributed by atoms with Crippen LogP contribution in [0.3, 0.4) is 0 Å². The van der Waals surface area contributed by atoms with E-state index in [2.05, 4.69) is 19.9 Å². The third-order valence-electron chi connectivity index (χ3n) is 4.11. The summed E-state index contributed by atoms with van der Waals surface area (Å²) in [6.07, 6.45) is 5.23. The smallest absolute Gasteiger partial charge is 0.237 e. The van der Waals surface area contributed by atoms with E-state index in [1.165, 1.54) is 0 Å². The molecule has 0 spiro atoms. The second-order valence-corrected chi connectivity index (χ2v) is 5.40. The largest absolute Gasteiger partial charge is 0.278 e. The standard InChI is InChI=1S/C15H15N7/c1-8-10(3)21(7-18-8)15-17-5-12-14(20-15)22-11(4)9(2)19-13(22)6-16-12/h5-7H,1-4H3. The lowest BCUT2D eigenvalue weighted by atomic mass is 10.4. The van der Waals surface area contributed by atoms with Crippen LogP contribution in [-0.2, 0) is 0 Å². The van der Waals surface area contributed by atoms with Crippen molar-refractivity contribution < 1.29 is 0 Å². The molecule has 0 aliphatic heterocycles. The topological polar surface area (TPSA) is 73.8 Å². The highest BCUT2D eigenvalue weighted by Crippen LogP contribution is 2.18. The molecule has 7 heteroatoms. The van der Waals surface area contributed by atoms with Crippen LogP contribution in [0.15, 0.2) is 18.7 Å². The Kier molecular flexibility index (Phi) is 2.53. The summed E-state index contributed by atoms with van der Waals surface area (Å²) in [5.74, 6) is 0.589. The molecule has 0 aliphatic rings. The first-order valence-electron chi connectivity index (χ1n) is 7.04. The minimum Gasteiger partial charge on any atom is -0.278 e. The van der Waals surface area contributed by atoms with Crippen LogP contribution in [0.25, 0.3) is 22.8 Å². The third-order valence-corrected chi connectivity index (χ3v) is 4.11. The maximum atomic E-state index is 4.69. The van der Waals surface area contributed by atoms with Crippen molar-refractivity contribution >= 4 is 16.8 Å². The van der Waals surface area contributed by atoms with Crippen LogP contribution in [0.5, 0.6) is 0 Å². The van der Waals surface area contributed by atoms with Crippen LogP contribution in [0.1, 0.15) is 22.8 Å².